The summed E-state index contributed by atoms with van der Waals surface area (Å²) in [4.78, 5) is 69.2. The molecule has 17 rings (SSSR count). The standard InChI is InChI=1S/C29H36N4O3.C21H28N4O2.C19H25N3O5S.C19H25N3O3S.C13H13ClN2O2S/c1-3-25-20-32(16-17-35-25)27-19-28(36-21-23-11-13-26(34-2)14-12-23)31-29(30-27)33-15-7-10-24(33)18-22-8-5-4-6-9-22;1-2-18-15-24(11-12-27-18)19-14-20(26)23-21(22-19)25-10-6-9-17(25)13-16-7-4-3-5-8-16;1-4-15-12-22(9-10-26-15)17-11-18(21-19(20-17)28(3,23)24)27-13-14-5-7-16(25-2)8-6-14;1-4-15-12-22(9-10-24-15)17-11-18(21-19(20-17)26-3)25-13-14-5-7-16(23-2)8-6-14;1-17-10-5-3-9(4-6-10)8-18-12-7-11(14)15-13(16-12)19-2/h4-6,8-9,11-14,19,24-25H,3,7,10,15-18,20-21H2,1-2H3;3-5,7-8,14,17-18H,2,6,9-13,15H2,1H3,(H,22,23,26);5-8,11,15H,4,9-10,12-13H2,1-3H3;5-8,11,15H,4,9-10,12-13H2,1-3H3;3-7H,8H2,1-2H3. The number of H-pyrrole nitrogens is 1. The number of aromatic amines is 1. The van der Waals surface area contributed by atoms with Crippen molar-refractivity contribution in [2.45, 2.75) is 170 Å². The summed E-state index contributed by atoms with van der Waals surface area (Å²) >= 11 is 8.83. The highest BCUT2D eigenvalue weighted by atomic mass is 35.5. The molecule has 136 heavy (non-hydrogen) atoms. The van der Waals surface area contributed by atoms with Crippen molar-refractivity contribution in [3.8, 4) is 46.5 Å². The van der Waals surface area contributed by atoms with Crippen molar-refractivity contribution in [1.82, 2.24) is 49.8 Å². The molecule has 1 N–H and O–H groups in total. The molecule has 6 fully saturated rings. The van der Waals surface area contributed by atoms with Gasteiger partial charge in [0.05, 0.1) is 79.3 Å². The number of hydrogen-bond acceptors (Lipinski definition) is 32. The Morgan fingerprint density at radius 2 is 0.743 bits per heavy atom. The maximum atomic E-state index is 12.3. The summed E-state index contributed by atoms with van der Waals surface area (Å²) in [5, 5.41) is 1.45. The van der Waals surface area contributed by atoms with Crippen LogP contribution in [0.1, 0.15) is 112 Å². The van der Waals surface area contributed by atoms with E-state index < -0.39 is 9.84 Å². The van der Waals surface area contributed by atoms with E-state index in [1.165, 1.54) is 34.7 Å². The normalized spacial score (nSPS) is 18.1. The number of methoxy groups -OCH3 is 4. The Bertz CT molecular complexity index is 5670. The van der Waals surface area contributed by atoms with Gasteiger partial charge in [-0.25, -0.2) is 23.4 Å². The first-order chi connectivity index (χ1) is 66.2. The van der Waals surface area contributed by atoms with Crippen molar-refractivity contribution in [2.24, 2.45) is 0 Å². The second-order valence-corrected chi connectivity index (χ2v) is 37.1. The molecule has 6 aliphatic heterocycles. The number of ether oxygens (including phenoxy) is 12. The monoisotopic (exact) mass is 1930 g/mol. The number of anilines is 6. The van der Waals surface area contributed by atoms with Crippen molar-refractivity contribution in [2.75, 3.05) is 168 Å². The summed E-state index contributed by atoms with van der Waals surface area (Å²) in [5.74, 6) is 9.71. The van der Waals surface area contributed by atoms with Gasteiger partial charge in [0.2, 0.25) is 45.3 Å². The van der Waals surface area contributed by atoms with E-state index in [0.717, 1.165) is 198 Å². The van der Waals surface area contributed by atoms with Crippen LogP contribution in [0.4, 0.5) is 35.2 Å². The fourth-order valence-electron chi connectivity index (χ4n) is 16.2. The molecule has 0 radical (unpaired) electrons. The highest BCUT2D eigenvalue weighted by Gasteiger charge is 2.33. The summed E-state index contributed by atoms with van der Waals surface area (Å²) in [5.41, 5.74) is 6.67. The van der Waals surface area contributed by atoms with Crippen molar-refractivity contribution in [1.29, 1.82) is 0 Å². The van der Waals surface area contributed by atoms with Crippen molar-refractivity contribution in [3.05, 3.63) is 237 Å². The summed E-state index contributed by atoms with van der Waals surface area (Å²) in [6.07, 6.45) is 16.1. The molecule has 0 bridgehead atoms. The summed E-state index contributed by atoms with van der Waals surface area (Å²) in [6.45, 7) is 20.8. The predicted molar refractivity (Wildman–Crippen MR) is 534 cm³/mol. The molecule has 6 aliphatic rings. The molecule has 11 aromatic rings. The van der Waals surface area contributed by atoms with Crippen LogP contribution in [0.25, 0.3) is 0 Å². The lowest BCUT2D eigenvalue weighted by atomic mass is 10.0. The average molecular weight is 1940 g/mol. The molecule has 11 heterocycles. The van der Waals surface area contributed by atoms with Crippen LogP contribution in [-0.4, -0.2) is 234 Å². The summed E-state index contributed by atoms with van der Waals surface area (Å²) in [7, 11) is 3.00. The number of nitrogens with zero attached hydrogens (tertiary/aromatic N) is 15. The lowest BCUT2D eigenvalue weighted by Crippen LogP contribution is -2.43. The molecular formula is C101H127ClN16O15S3. The molecule has 6 unspecified atom stereocenters. The molecule has 35 heteroatoms. The predicted octanol–water partition coefficient (Wildman–Crippen LogP) is 16.4. The van der Waals surface area contributed by atoms with Gasteiger partial charge in [-0.3, -0.25) is 9.78 Å². The quantitative estimate of drug-likeness (QED) is 0.0227. The minimum atomic E-state index is -3.57. The number of morpholine rings is 4. The van der Waals surface area contributed by atoms with Gasteiger partial charge in [0.1, 0.15) is 77.9 Å². The van der Waals surface area contributed by atoms with Crippen molar-refractivity contribution >= 4 is 80.1 Å². The Labute approximate surface area is 812 Å². The number of aromatic nitrogens is 10. The van der Waals surface area contributed by atoms with Gasteiger partial charge in [-0.15, -0.1) is 0 Å². The van der Waals surface area contributed by atoms with Gasteiger partial charge >= 0.3 is 0 Å². The minimum absolute atomic E-state index is 0.0834. The number of thioether (sulfide) groups is 2. The maximum absolute atomic E-state index is 12.3. The molecule has 726 valence electrons. The number of sulfone groups is 1. The van der Waals surface area contributed by atoms with Crippen molar-refractivity contribution in [3.63, 3.8) is 0 Å². The van der Waals surface area contributed by atoms with E-state index >= 15 is 0 Å². The van der Waals surface area contributed by atoms with E-state index in [0.29, 0.717) is 110 Å². The smallest absolute Gasteiger partial charge is 0.254 e. The lowest BCUT2D eigenvalue weighted by molar-refractivity contribution is 0.0379. The molecule has 6 saturated heterocycles. The number of hydrogen-bond donors (Lipinski definition) is 1. The second-order valence-electron chi connectivity index (χ2n) is 33.3. The fourth-order valence-corrected chi connectivity index (χ4v) is 17.7. The van der Waals surface area contributed by atoms with E-state index in [-0.39, 0.29) is 47.6 Å². The molecule has 0 saturated carbocycles. The molecule has 0 amide bonds. The average Bonchev–Trinajstić information content (AvgIpc) is 1.62. The SMILES string of the molecule is CCC1CN(c2cc(=O)[nH]c(N3CCCC3Cc3ccccc3)n2)CCO1.CCC1CN(c2cc(OCc3ccc(OC)cc3)nc(N3CCCC3Cc3ccccc3)n2)CCO1.CCC1CN(c2cc(OCc3ccc(OC)cc3)nc(S(C)(=O)=O)n2)CCO1.CCC1CN(c2cc(OCc3ccc(OC)cc3)nc(SC)n2)CCO1.COc1ccc(COc2cc(Cl)nc(SC)n2)cc1. The third kappa shape index (κ3) is 30.8. The molecule has 0 spiro atoms. The van der Waals surface area contributed by atoms with Crippen LogP contribution >= 0.6 is 35.1 Å². The summed E-state index contributed by atoms with van der Waals surface area (Å²) in [6, 6.07) is 61.7. The van der Waals surface area contributed by atoms with Gasteiger partial charge in [0.25, 0.3) is 10.7 Å². The van der Waals surface area contributed by atoms with Crippen LogP contribution in [0.5, 0.6) is 46.5 Å². The molecule has 6 atom stereocenters. The molecular weight excluding hydrogens is 1810 g/mol. The zero-order valence-corrected chi connectivity index (χ0v) is 82.8. The van der Waals surface area contributed by atoms with Gasteiger partial charge in [0.15, 0.2) is 10.3 Å². The van der Waals surface area contributed by atoms with E-state index in [2.05, 4.69) is 142 Å². The number of rotatable bonds is 33. The van der Waals surface area contributed by atoms with Crippen LogP contribution in [-0.2, 0) is 68.1 Å². The Kier molecular flexibility index (Phi) is 39.1. The van der Waals surface area contributed by atoms with Gasteiger partial charge < -0.3 is 86.2 Å². The fraction of sp³-hybridized carbons (Fsp3) is 0.446. The van der Waals surface area contributed by atoms with Gasteiger partial charge in [-0.1, -0.05) is 172 Å². The number of benzene rings is 6. The highest BCUT2D eigenvalue weighted by Crippen LogP contribution is 2.34. The Morgan fingerprint density at radius 3 is 1.12 bits per heavy atom. The first-order valence-corrected chi connectivity index (χ1v) is 51.2. The molecule has 6 aromatic carbocycles. The Hall–Kier alpha value is -11.5. The lowest BCUT2D eigenvalue weighted by Gasteiger charge is -2.34. The van der Waals surface area contributed by atoms with Crippen LogP contribution in [0.15, 0.2) is 208 Å². The third-order valence-corrected chi connectivity index (χ3v) is 26.0. The highest BCUT2D eigenvalue weighted by molar-refractivity contribution is 7.98. The first-order valence-electron chi connectivity index (χ1n) is 46.5. The van der Waals surface area contributed by atoms with E-state index in [1.54, 1.807) is 46.6 Å². The Balaban J connectivity index is 0.000000146. The molecule has 31 nitrogen and oxygen atoms in total. The zero-order chi connectivity index (χ0) is 95.6. The van der Waals surface area contributed by atoms with Crippen LogP contribution in [0, 0.1) is 0 Å². The van der Waals surface area contributed by atoms with Crippen molar-refractivity contribution < 1.29 is 65.3 Å². The molecule has 5 aromatic heterocycles. The van der Waals surface area contributed by atoms with Gasteiger partial charge in [-0.05, 0) is 159 Å². The maximum Gasteiger partial charge on any atom is 0.254 e. The van der Waals surface area contributed by atoms with Crippen LogP contribution < -0.4 is 72.9 Å². The van der Waals surface area contributed by atoms with Gasteiger partial charge in [0, 0.05) is 114 Å². The minimum Gasteiger partial charge on any atom is -0.497 e. The van der Waals surface area contributed by atoms with Crippen LogP contribution in [0.2, 0.25) is 5.15 Å². The topological polar surface area (TPSA) is 313 Å². The van der Waals surface area contributed by atoms with Gasteiger partial charge in [-0.2, -0.15) is 29.9 Å². The Morgan fingerprint density at radius 1 is 0.397 bits per heavy atom. The van der Waals surface area contributed by atoms with Crippen LogP contribution in [0.3, 0.4) is 0 Å². The van der Waals surface area contributed by atoms with E-state index in [1.807, 2.05) is 133 Å². The third-order valence-electron chi connectivity index (χ3n) is 23.8. The first kappa shape index (κ1) is 102. The second kappa shape index (κ2) is 52.2. The number of nitrogens with one attached hydrogen (secondary N) is 1. The summed E-state index contributed by atoms with van der Waals surface area (Å²) < 4.78 is 91.4. The van der Waals surface area contributed by atoms with E-state index in [4.69, 9.17) is 83.4 Å². The van der Waals surface area contributed by atoms with E-state index in [9.17, 15) is 13.2 Å². The number of halogens is 1. The molecule has 0 aliphatic carbocycles. The zero-order valence-electron chi connectivity index (χ0n) is 79.6. The largest absolute Gasteiger partial charge is 0.497 e.